The monoisotopic (exact) mass is 317 g/mol. The van der Waals surface area contributed by atoms with Crippen LogP contribution in [0.2, 0.25) is 0 Å². The van der Waals surface area contributed by atoms with Crippen molar-refractivity contribution in [2.45, 2.75) is 26.0 Å². The smallest absolute Gasteiger partial charge is 0.258 e. The summed E-state index contributed by atoms with van der Waals surface area (Å²) >= 11 is 5.01. The summed E-state index contributed by atoms with van der Waals surface area (Å²) in [4.78, 5) is 10.4. The molecule has 17 heavy (non-hydrogen) atoms. The molecule has 0 aromatic heterocycles. The average Bonchev–Trinajstić information content (AvgIpc) is 2.25. The van der Waals surface area contributed by atoms with E-state index in [9.17, 15) is 10.1 Å². The maximum atomic E-state index is 10.8. The lowest BCUT2D eigenvalue weighted by Crippen LogP contribution is -1.93. The van der Waals surface area contributed by atoms with Gasteiger partial charge in [-0.25, -0.2) is 0 Å². The summed E-state index contributed by atoms with van der Waals surface area (Å²) in [5.74, 6) is 2.64. The van der Waals surface area contributed by atoms with Gasteiger partial charge in [0.1, 0.15) is 0 Å². The molecule has 0 N–H and O–H groups in total. The number of benzene rings is 1. The second-order valence-electron chi connectivity index (χ2n) is 4.28. The molecule has 94 valence electrons. The van der Waals surface area contributed by atoms with Crippen LogP contribution in [0, 0.1) is 16.0 Å². The highest BCUT2D eigenvalue weighted by molar-refractivity contribution is 9.10. The van der Waals surface area contributed by atoms with Crippen LogP contribution in [-0.2, 0) is 5.75 Å². The molecule has 0 aliphatic carbocycles. The quantitative estimate of drug-likeness (QED) is 0.436. The fourth-order valence-electron chi connectivity index (χ4n) is 1.30. The Morgan fingerprint density at radius 3 is 2.76 bits per heavy atom. The molecule has 5 heteroatoms. The van der Waals surface area contributed by atoms with Gasteiger partial charge >= 0.3 is 0 Å². The minimum atomic E-state index is -0.355. The Labute approximate surface area is 114 Å². The predicted molar refractivity (Wildman–Crippen MR) is 76.4 cm³/mol. The standard InChI is InChI=1S/C12H16BrNO2S/c1-9(2)5-6-17-8-10-3-4-11(13)12(7-10)14(15)16/h3-4,7,9H,5-6,8H2,1-2H3. The second-order valence-corrected chi connectivity index (χ2v) is 6.24. The maximum absolute atomic E-state index is 10.8. The van der Waals surface area contributed by atoms with E-state index in [1.54, 1.807) is 12.1 Å². The largest absolute Gasteiger partial charge is 0.283 e. The number of halogens is 1. The SMILES string of the molecule is CC(C)CCSCc1ccc(Br)c([N+](=O)[O-])c1. The van der Waals surface area contributed by atoms with Crippen LogP contribution in [0.15, 0.2) is 22.7 Å². The van der Waals surface area contributed by atoms with Gasteiger partial charge < -0.3 is 0 Å². The van der Waals surface area contributed by atoms with Crippen molar-refractivity contribution in [3.05, 3.63) is 38.3 Å². The number of nitrogens with zero attached hydrogens (tertiary/aromatic N) is 1. The number of rotatable bonds is 6. The number of hydrogen-bond donors (Lipinski definition) is 0. The predicted octanol–water partition coefficient (Wildman–Crippen LogP) is 4.64. The van der Waals surface area contributed by atoms with E-state index in [0.717, 1.165) is 17.1 Å². The van der Waals surface area contributed by atoms with Gasteiger partial charge in [0.2, 0.25) is 0 Å². The van der Waals surface area contributed by atoms with Crippen LogP contribution in [0.4, 0.5) is 5.69 Å². The van der Waals surface area contributed by atoms with E-state index < -0.39 is 0 Å². The molecule has 3 nitrogen and oxygen atoms in total. The Hall–Kier alpha value is -0.550. The Morgan fingerprint density at radius 2 is 2.18 bits per heavy atom. The van der Waals surface area contributed by atoms with Gasteiger partial charge in [-0.05, 0) is 45.7 Å². The maximum Gasteiger partial charge on any atom is 0.283 e. The Balaban J connectivity index is 2.54. The second kappa shape index (κ2) is 7.01. The molecule has 0 fully saturated rings. The van der Waals surface area contributed by atoms with E-state index in [0.29, 0.717) is 10.4 Å². The summed E-state index contributed by atoms with van der Waals surface area (Å²) in [6, 6.07) is 5.32. The van der Waals surface area contributed by atoms with E-state index in [1.807, 2.05) is 17.8 Å². The minimum Gasteiger partial charge on any atom is -0.258 e. The van der Waals surface area contributed by atoms with Gasteiger partial charge in [0.25, 0.3) is 5.69 Å². The molecule has 0 radical (unpaired) electrons. The summed E-state index contributed by atoms with van der Waals surface area (Å²) < 4.78 is 0.540. The number of nitro benzene ring substituents is 1. The summed E-state index contributed by atoms with van der Waals surface area (Å²) in [6.07, 6.45) is 1.18. The summed E-state index contributed by atoms with van der Waals surface area (Å²) in [5.41, 5.74) is 1.15. The summed E-state index contributed by atoms with van der Waals surface area (Å²) in [7, 11) is 0. The molecule has 0 unspecified atom stereocenters. The Bertz CT molecular complexity index is 396. The van der Waals surface area contributed by atoms with Crippen LogP contribution >= 0.6 is 27.7 Å². The first-order valence-electron chi connectivity index (χ1n) is 5.51. The average molecular weight is 318 g/mol. The minimum absolute atomic E-state index is 0.145. The van der Waals surface area contributed by atoms with Crippen molar-refractivity contribution in [1.29, 1.82) is 0 Å². The van der Waals surface area contributed by atoms with Crippen LogP contribution < -0.4 is 0 Å². The lowest BCUT2D eigenvalue weighted by atomic mass is 10.2. The highest BCUT2D eigenvalue weighted by Crippen LogP contribution is 2.27. The van der Waals surface area contributed by atoms with Crippen molar-refractivity contribution >= 4 is 33.4 Å². The molecule has 0 atom stereocenters. The molecule has 0 aliphatic rings. The molecule has 0 amide bonds. The molecule has 0 bridgehead atoms. The molecule has 1 aromatic carbocycles. The normalized spacial score (nSPS) is 10.8. The molecule has 1 aromatic rings. The molecule has 0 heterocycles. The van der Waals surface area contributed by atoms with Gasteiger partial charge in [0, 0.05) is 11.8 Å². The molecule has 0 saturated carbocycles. The third-order valence-corrected chi connectivity index (χ3v) is 4.05. The van der Waals surface area contributed by atoms with Crippen LogP contribution in [0.5, 0.6) is 0 Å². The van der Waals surface area contributed by atoms with E-state index in [-0.39, 0.29) is 10.6 Å². The lowest BCUT2D eigenvalue weighted by molar-refractivity contribution is -0.385. The summed E-state index contributed by atoms with van der Waals surface area (Å²) in [6.45, 7) is 4.40. The van der Waals surface area contributed by atoms with Crippen molar-refractivity contribution in [2.75, 3.05) is 5.75 Å². The van der Waals surface area contributed by atoms with Gasteiger partial charge in [-0.15, -0.1) is 0 Å². The van der Waals surface area contributed by atoms with Crippen LogP contribution in [0.25, 0.3) is 0 Å². The zero-order chi connectivity index (χ0) is 12.8. The van der Waals surface area contributed by atoms with Crippen molar-refractivity contribution in [3.63, 3.8) is 0 Å². The third kappa shape index (κ3) is 5.08. The van der Waals surface area contributed by atoms with Crippen molar-refractivity contribution in [3.8, 4) is 0 Å². The first-order chi connectivity index (χ1) is 8.00. The fourth-order valence-corrected chi connectivity index (χ4v) is 2.89. The first-order valence-corrected chi connectivity index (χ1v) is 7.46. The molecular weight excluding hydrogens is 302 g/mol. The molecule has 0 aliphatic heterocycles. The van der Waals surface area contributed by atoms with Crippen molar-refractivity contribution in [2.24, 2.45) is 5.92 Å². The van der Waals surface area contributed by atoms with Gasteiger partial charge in [-0.2, -0.15) is 11.8 Å². The molecule has 0 saturated heterocycles. The van der Waals surface area contributed by atoms with E-state index in [2.05, 4.69) is 29.8 Å². The first kappa shape index (κ1) is 14.5. The summed E-state index contributed by atoms with van der Waals surface area (Å²) in [5, 5.41) is 10.8. The van der Waals surface area contributed by atoms with Gasteiger partial charge in [-0.1, -0.05) is 19.9 Å². The highest BCUT2D eigenvalue weighted by Gasteiger charge is 2.11. The van der Waals surface area contributed by atoms with E-state index in [1.165, 1.54) is 6.42 Å². The van der Waals surface area contributed by atoms with E-state index in [4.69, 9.17) is 0 Å². The third-order valence-electron chi connectivity index (χ3n) is 2.32. The van der Waals surface area contributed by atoms with Gasteiger partial charge in [0.05, 0.1) is 9.40 Å². The topological polar surface area (TPSA) is 43.1 Å². The van der Waals surface area contributed by atoms with Crippen molar-refractivity contribution < 1.29 is 4.92 Å². The molecular formula is C12H16BrNO2S. The number of nitro groups is 1. The van der Waals surface area contributed by atoms with Crippen molar-refractivity contribution in [1.82, 2.24) is 0 Å². The number of thioether (sulfide) groups is 1. The van der Waals surface area contributed by atoms with Crippen LogP contribution in [0.3, 0.4) is 0 Å². The zero-order valence-electron chi connectivity index (χ0n) is 9.98. The Kier molecular flexibility index (Phi) is 5.98. The van der Waals surface area contributed by atoms with Gasteiger partial charge in [-0.3, -0.25) is 10.1 Å². The molecule has 1 rings (SSSR count). The fraction of sp³-hybridized carbons (Fsp3) is 0.500. The Morgan fingerprint density at radius 1 is 1.47 bits per heavy atom. The van der Waals surface area contributed by atoms with E-state index >= 15 is 0 Å². The lowest BCUT2D eigenvalue weighted by Gasteiger charge is -2.05. The van der Waals surface area contributed by atoms with Crippen LogP contribution in [0.1, 0.15) is 25.8 Å². The van der Waals surface area contributed by atoms with Gasteiger partial charge in [0.15, 0.2) is 0 Å². The molecule has 0 spiro atoms. The zero-order valence-corrected chi connectivity index (χ0v) is 12.4. The number of hydrogen-bond acceptors (Lipinski definition) is 3. The highest BCUT2D eigenvalue weighted by atomic mass is 79.9. The van der Waals surface area contributed by atoms with Crippen LogP contribution in [-0.4, -0.2) is 10.7 Å².